The maximum atomic E-state index is 5.04. The largest absolute Gasteiger partial charge is 2.00 e. The van der Waals surface area contributed by atoms with E-state index in [-0.39, 0.29) is 31.9 Å². The molecule has 0 radical (unpaired) electrons. The van der Waals surface area contributed by atoms with Gasteiger partial charge in [0.15, 0.2) is 0 Å². The van der Waals surface area contributed by atoms with Crippen LogP contribution in [0.1, 0.15) is 5.56 Å². The van der Waals surface area contributed by atoms with E-state index in [1.807, 2.05) is 54.6 Å². The first kappa shape index (κ1) is 19.4. The van der Waals surface area contributed by atoms with E-state index in [1.165, 1.54) is 0 Å². The van der Waals surface area contributed by atoms with Crippen molar-refractivity contribution in [2.24, 2.45) is 0 Å². The van der Waals surface area contributed by atoms with Crippen molar-refractivity contribution in [3.63, 3.8) is 0 Å². The fourth-order valence-corrected chi connectivity index (χ4v) is 0.791. The summed E-state index contributed by atoms with van der Waals surface area (Å²) in [6.45, 7) is 0. The summed E-state index contributed by atoms with van der Waals surface area (Å²) in [5, 5.41) is 0. The Kier molecular flexibility index (Phi) is 16.5. The molecule has 0 spiro atoms. The van der Waals surface area contributed by atoms with E-state index in [2.05, 4.69) is 5.92 Å². The van der Waals surface area contributed by atoms with Gasteiger partial charge in [0.25, 0.3) is 0 Å². The van der Waals surface area contributed by atoms with Crippen molar-refractivity contribution in [2.75, 3.05) is 0 Å². The second-order valence-electron chi connectivity index (χ2n) is 2.28. The van der Waals surface area contributed by atoms with E-state index in [1.54, 1.807) is 0 Å². The Bertz CT molecular complexity index is 291. The summed E-state index contributed by atoms with van der Waals surface area (Å²) in [4.78, 5) is 0. The average molecular weight is 240 g/mol. The van der Waals surface area contributed by atoms with Crippen LogP contribution in [0.4, 0.5) is 0 Å². The molecule has 0 bridgehead atoms. The Labute approximate surface area is 105 Å². The topological polar surface area (TPSA) is 0 Å². The van der Waals surface area contributed by atoms with Gasteiger partial charge in [0.05, 0.1) is 0 Å². The van der Waals surface area contributed by atoms with Gasteiger partial charge >= 0.3 is 17.1 Å². The van der Waals surface area contributed by atoms with E-state index in [0.29, 0.717) is 0 Å². The summed E-state index contributed by atoms with van der Waals surface area (Å²) in [7, 11) is 0. The minimum atomic E-state index is 0. The monoisotopic (exact) mass is 240 g/mol. The van der Waals surface area contributed by atoms with Crippen LogP contribution in [-0.4, -0.2) is 0 Å². The van der Waals surface area contributed by atoms with Gasteiger partial charge in [0.1, 0.15) is 0 Å². The molecule has 15 heavy (non-hydrogen) atoms. The zero-order valence-corrected chi connectivity index (χ0v) is 10.2. The van der Waals surface area contributed by atoms with E-state index in [9.17, 15) is 0 Å². The van der Waals surface area contributed by atoms with Gasteiger partial charge in [-0.15, -0.1) is 11.6 Å². The molecule has 0 nitrogen and oxygen atoms in total. The third-order valence-electron chi connectivity index (χ3n) is 1.38. The van der Waals surface area contributed by atoms with Crippen molar-refractivity contribution in [1.29, 1.82) is 0 Å². The van der Waals surface area contributed by atoms with Gasteiger partial charge in [0.2, 0.25) is 0 Å². The fourth-order valence-electron chi connectivity index (χ4n) is 0.791. The molecule has 0 heterocycles. The molecule has 0 aliphatic heterocycles. The van der Waals surface area contributed by atoms with Crippen LogP contribution in [0.25, 0.3) is 0 Å². The van der Waals surface area contributed by atoms with Crippen LogP contribution < -0.4 is 0 Å². The van der Waals surface area contributed by atoms with Gasteiger partial charge in [-0.3, -0.25) is 0 Å². The summed E-state index contributed by atoms with van der Waals surface area (Å²) in [5.41, 5.74) is 0.958. The predicted octanol–water partition coefficient (Wildman–Crippen LogP) is 3.69. The van der Waals surface area contributed by atoms with E-state index >= 15 is 0 Å². The van der Waals surface area contributed by atoms with Crippen LogP contribution in [0.15, 0.2) is 54.6 Å². The second kappa shape index (κ2) is 12.8. The van der Waals surface area contributed by atoms with Crippen molar-refractivity contribution in [2.45, 2.75) is 0 Å². The van der Waals surface area contributed by atoms with Crippen molar-refractivity contribution in [3.8, 4) is 12.3 Å². The third-order valence-corrected chi connectivity index (χ3v) is 1.38. The van der Waals surface area contributed by atoms with Crippen LogP contribution in [0, 0.1) is 27.2 Å². The van der Waals surface area contributed by atoms with Gasteiger partial charge in [-0.25, -0.2) is 12.1 Å². The summed E-state index contributed by atoms with van der Waals surface area (Å²) in [6.07, 6.45) is 5.04. The maximum absolute atomic E-state index is 5.04. The van der Waals surface area contributed by atoms with Crippen LogP contribution in [-0.2, 0) is 17.1 Å². The molecule has 0 saturated carbocycles. The van der Waals surface area contributed by atoms with Crippen LogP contribution in [0.5, 0.6) is 0 Å². The van der Waals surface area contributed by atoms with Gasteiger partial charge in [0, 0.05) is 0 Å². The molecule has 0 saturated heterocycles. The molecule has 0 aliphatic rings. The molecule has 0 amide bonds. The Morgan fingerprint density at radius 1 is 1.00 bits per heavy atom. The molecule has 0 fully saturated rings. The molecule has 1 heteroatoms. The van der Waals surface area contributed by atoms with Crippen molar-refractivity contribution < 1.29 is 17.1 Å². The molecule has 2 aromatic carbocycles. The van der Waals surface area contributed by atoms with Gasteiger partial charge < -0.3 is 14.9 Å². The Morgan fingerprint density at radius 2 is 1.60 bits per heavy atom. The minimum Gasteiger partial charge on any atom is -0.358 e. The zero-order chi connectivity index (χ0) is 8.65. The van der Waals surface area contributed by atoms with Crippen LogP contribution >= 0.6 is 0 Å². The van der Waals surface area contributed by atoms with Gasteiger partial charge in [-0.05, 0) is 0 Å². The van der Waals surface area contributed by atoms with Gasteiger partial charge in [-0.1, -0.05) is 0 Å². The summed E-state index contributed by atoms with van der Waals surface area (Å²) >= 11 is 0. The van der Waals surface area contributed by atoms with Gasteiger partial charge in [-0.2, -0.15) is 48.7 Å². The third kappa shape index (κ3) is 9.09. The van der Waals surface area contributed by atoms with E-state index in [4.69, 9.17) is 6.42 Å². The first-order chi connectivity index (χ1) is 5.93. The minimum absolute atomic E-state index is 0. The molecule has 0 unspecified atom stereocenters. The van der Waals surface area contributed by atoms with Crippen molar-refractivity contribution in [1.82, 2.24) is 0 Å². The van der Waals surface area contributed by atoms with E-state index < -0.39 is 0 Å². The second-order valence-corrected chi connectivity index (χ2v) is 2.28. The number of hydrogen-bond acceptors (Lipinski definition) is 0. The first-order valence-corrected chi connectivity index (χ1v) is 3.78. The number of hydrogen-bond donors (Lipinski definition) is 0. The Balaban J connectivity index is -0.000000165. The van der Waals surface area contributed by atoms with E-state index in [0.717, 1.165) is 5.56 Å². The normalized spacial score (nSPS) is 6.33. The zero-order valence-electron chi connectivity index (χ0n) is 9.13. The predicted molar refractivity (Wildman–Crippen MR) is 64.8 cm³/mol. The first-order valence-electron chi connectivity index (χ1n) is 3.78. The van der Waals surface area contributed by atoms with Crippen LogP contribution in [0.3, 0.4) is 0 Å². The Morgan fingerprint density at radius 3 is 1.80 bits per heavy atom. The molecule has 2 rings (SSSR count). The smallest absolute Gasteiger partial charge is 0.358 e. The number of terminal acetylenes is 1. The summed E-state index contributed by atoms with van der Waals surface area (Å²) in [6, 6.07) is 17.7. The fraction of sp³-hybridized carbons (Fsp3) is 0. The molecule has 0 aromatic heterocycles. The average Bonchev–Trinajstić information content (AvgIpc) is 2.81. The molecule has 2 aromatic rings. The van der Waals surface area contributed by atoms with Crippen LogP contribution in [0.2, 0.25) is 0 Å². The SMILES string of the molecule is C#Cc1ccc[cH-]1.[CH3-].[CH3-].[Fe+2].c1cc[cH-]c1. The molecular formula is C14H16Fe-2. The Hall–Kier alpha value is -1.22. The quantitative estimate of drug-likeness (QED) is 0.374. The molecule has 0 N–H and O–H groups in total. The molecule has 82 valence electrons. The molecular weight excluding hydrogens is 224 g/mol. The molecule has 0 aliphatic carbocycles. The van der Waals surface area contributed by atoms with Crippen molar-refractivity contribution in [3.05, 3.63) is 75.0 Å². The summed E-state index contributed by atoms with van der Waals surface area (Å²) < 4.78 is 0. The standard InChI is InChI=1S/C7H5.C5H5.2CH3.Fe/c1-2-7-5-3-4-6-7;1-2-4-5-3-1;;;/h1,3-6H;1-5H;2*1H3;/q4*-1;+2. The van der Waals surface area contributed by atoms with Crippen molar-refractivity contribution >= 4 is 0 Å². The molecule has 0 atom stereocenters. The summed E-state index contributed by atoms with van der Waals surface area (Å²) in [5.74, 6) is 2.51. The maximum Gasteiger partial charge on any atom is 2.00 e. The number of rotatable bonds is 0.